The molecule has 0 spiro atoms. The van der Waals surface area contributed by atoms with E-state index >= 15 is 0 Å². The standard InChI is InChI=1S/C15H17Cl2N3/c1-20-15-7-3-6-14(11(15)9-19-20)18-8-10-12(16)4-2-5-13(10)17/h2,4-5,9,14,18H,3,6-8H2,1H3. The van der Waals surface area contributed by atoms with Crippen LogP contribution >= 0.6 is 23.2 Å². The second kappa shape index (κ2) is 5.76. The Morgan fingerprint density at radius 2 is 2.10 bits per heavy atom. The van der Waals surface area contributed by atoms with E-state index in [2.05, 4.69) is 10.4 Å². The second-order valence-electron chi connectivity index (χ2n) is 5.20. The van der Waals surface area contributed by atoms with E-state index in [1.165, 1.54) is 17.7 Å². The summed E-state index contributed by atoms with van der Waals surface area (Å²) >= 11 is 12.4. The van der Waals surface area contributed by atoms with E-state index in [9.17, 15) is 0 Å². The molecule has 0 saturated heterocycles. The van der Waals surface area contributed by atoms with Crippen molar-refractivity contribution in [2.45, 2.75) is 31.8 Å². The Balaban J connectivity index is 1.77. The Bertz CT molecular complexity index is 601. The van der Waals surface area contributed by atoms with E-state index in [1.54, 1.807) is 0 Å². The van der Waals surface area contributed by atoms with Crippen LogP contribution < -0.4 is 5.32 Å². The predicted octanol–water partition coefficient (Wildman–Crippen LogP) is 3.89. The zero-order chi connectivity index (χ0) is 14.1. The van der Waals surface area contributed by atoms with Gasteiger partial charge in [0.15, 0.2) is 0 Å². The lowest BCUT2D eigenvalue weighted by Crippen LogP contribution is -2.25. The van der Waals surface area contributed by atoms with Crippen molar-refractivity contribution in [2.75, 3.05) is 0 Å². The van der Waals surface area contributed by atoms with Crippen LogP contribution in [0.5, 0.6) is 0 Å². The van der Waals surface area contributed by atoms with Crippen LogP contribution in [0.15, 0.2) is 24.4 Å². The molecular weight excluding hydrogens is 293 g/mol. The van der Waals surface area contributed by atoms with Crippen LogP contribution in [0.2, 0.25) is 10.0 Å². The number of aryl methyl sites for hydroxylation is 1. The van der Waals surface area contributed by atoms with Crippen molar-refractivity contribution in [3.8, 4) is 0 Å². The van der Waals surface area contributed by atoms with Crippen molar-refractivity contribution in [1.82, 2.24) is 15.1 Å². The molecule has 1 aliphatic rings. The summed E-state index contributed by atoms with van der Waals surface area (Å²) in [4.78, 5) is 0. The number of fused-ring (bicyclic) bond motifs is 1. The Morgan fingerprint density at radius 3 is 2.85 bits per heavy atom. The number of nitrogens with zero attached hydrogens (tertiary/aromatic N) is 2. The van der Waals surface area contributed by atoms with Crippen LogP contribution in [0.1, 0.15) is 35.7 Å². The topological polar surface area (TPSA) is 29.9 Å². The lowest BCUT2D eigenvalue weighted by Gasteiger charge is -2.24. The molecule has 1 heterocycles. The normalized spacial score (nSPS) is 18.1. The van der Waals surface area contributed by atoms with Gasteiger partial charge in [0.25, 0.3) is 0 Å². The van der Waals surface area contributed by atoms with Crippen LogP contribution in [-0.4, -0.2) is 9.78 Å². The van der Waals surface area contributed by atoms with Gasteiger partial charge in [-0.1, -0.05) is 29.3 Å². The number of benzene rings is 1. The van der Waals surface area contributed by atoms with E-state index in [0.29, 0.717) is 22.6 Å². The van der Waals surface area contributed by atoms with Gasteiger partial charge in [-0.25, -0.2) is 0 Å². The van der Waals surface area contributed by atoms with Gasteiger partial charge in [-0.3, -0.25) is 4.68 Å². The number of nitrogens with one attached hydrogen (secondary N) is 1. The van der Waals surface area contributed by atoms with E-state index in [1.807, 2.05) is 36.1 Å². The molecule has 106 valence electrons. The van der Waals surface area contributed by atoms with Crippen molar-refractivity contribution in [2.24, 2.45) is 7.05 Å². The highest BCUT2D eigenvalue weighted by Gasteiger charge is 2.23. The molecule has 0 saturated carbocycles. The molecule has 3 rings (SSSR count). The summed E-state index contributed by atoms with van der Waals surface area (Å²) < 4.78 is 1.98. The highest BCUT2D eigenvalue weighted by atomic mass is 35.5. The Kier molecular flexibility index (Phi) is 4.01. The third-order valence-electron chi connectivity index (χ3n) is 3.96. The van der Waals surface area contributed by atoms with Crippen molar-refractivity contribution < 1.29 is 0 Å². The minimum atomic E-state index is 0.333. The summed E-state index contributed by atoms with van der Waals surface area (Å²) in [5.74, 6) is 0. The van der Waals surface area contributed by atoms with Crippen molar-refractivity contribution in [3.63, 3.8) is 0 Å². The molecule has 1 N–H and O–H groups in total. The van der Waals surface area contributed by atoms with E-state index in [4.69, 9.17) is 23.2 Å². The first kappa shape index (κ1) is 13.9. The monoisotopic (exact) mass is 309 g/mol. The molecule has 3 nitrogen and oxygen atoms in total. The second-order valence-corrected chi connectivity index (χ2v) is 6.01. The lowest BCUT2D eigenvalue weighted by molar-refractivity contribution is 0.452. The number of halogens is 2. The van der Waals surface area contributed by atoms with Gasteiger partial charge in [0.05, 0.1) is 6.20 Å². The van der Waals surface area contributed by atoms with Gasteiger partial charge in [0.1, 0.15) is 0 Å². The van der Waals surface area contributed by atoms with E-state index < -0.39 is 0 Å². The molecule has 20 heavy (non-hydrogen) atoms. The largest absolute Gasteiger partial charge is 0.306 e. The van der Waals surface area contributed by atoms with Crippen molar-refractivity contribution in [3.05, 3.63) is 51.3 Å². The third-order valence-corrected chi connectivity index (χ3v) is 4.67. The van der Waals surface area contributed by atoms with Crippen molar-refractivity contribution >= 4 is 23.2 Å². The highest BCUT2D eigenvalue weighted by molar-refractivity contribution is 6.35. The molecule has 0 aliphatic heterocycles. The highest BCUT2D eigenvalue weighted by Crippen LogP contribution is 2.31. The summed E-state index contributed by atoms with van der Waals surface area (Å²) in [6, 6.07) is 5.95. The van der Waals surface area contributed by atoms with Crippen LogP contribution in [0.3, 0.4) is 0 Å². The zero-order valence-electron chi connectivity index (χ0n) is 11.4. The van der Waals surface area contributed by atoms with Gasteiger partial charge in [0.2, 0.25) is 0 Å². The number of hydrogen-bond donors (Lipinski definition) is 1. The smallest absolute Gasteiger partial charge is 0.0540 e. The summed E-state index contributed by atoms with van der Waals surface area (Å²) in [6.45, 7) is 0.678. The molecule has 0 amide bonds. The third kappa shape index (κ3) is 2.58. The van der Waals surface area contributed by atoms with Gasteiger partial charge >= 0.3 is 0 Å². The summed E-state index contributed by atoms with van der Waals surface area (Å²) in [5, 5.41) is 9.36. The fraction of sp³-hybridized carbons (Fsp3) is 0.400. The molecule has 5 heteroatoms. The van der Waals surface area contributed by atoms with Gasteiger partial charge in [-0.2, -0.15) is 5.10 Å². The number of aromatic nitrogens is 2. The SMILES string of the molecule is Cn1ncc2c1CCCC2NCc1c(Cl)cccc1Cl. The molecule has 1 aromatic carbocycles. The molecular formula is C15H17Cl2N3. The molecule has 1 aliphatic carbocycles. The first-order chi connectivity index (χ1) is 9.66. The summed E-state index contributed by atoms with van der Waals surface area (Å²) in [5.41, 5.74) is 3.60. The maximum atomic E-state index is 6.21. The predicted molar refractivity (Wildman–Crippen MR) is 82.2 cm³/mol. The number of rotatable bonds is 3. The van der Waals surface area contributed by atoms with Gasteiger partial charge in [-0.05, 0) is 31.4 Å². The summed E-state index contributed by atoms with van der Waals surface area (Å²) in [7, 11) is 2.01. The molecule has 0 fully saturated rings. The van der Waals surface area contributed by atoms with Crippen molar-refractivity contribution in [1.29, 1.82) is 0 Å². The van der Waals surface area contributed by atoms with Gasteiger partial charge < -0.3 is 5.32 Å². The fourth-order valence-electron chi connectivity index (χ4n) is 2.84. The Hall–Kier alpha value is -1.03. The van der Waals surface area contributed by atoms with Crippen LogP contribution in [-0.2, 0) is 20.0 Å². The molecule has 2 aromatic rings. The quantitative estimate of drug-likeness (QED) is 0.932. The molecule has 1 aromatic heterocycles. The first-order valence-corrected chi connectivity index (χ1v) is 7.59. The molecule has 1 unspecified atom stereocenters. The minimum Gasteiger partial charge on any atom is -0.306 e. The Labute approximate surface area is 128 Å². The average molecular weight is 310 g/mol. The maximum absolute atomic E-state index is 6.21. The zero-order valence-corrected chi connectivity index (χ0v) is 12.9. The molecule has 0 radical (unpaired) electrons. The van der Waals surface area contributed by atoms with Crippen LogP contribution in [0.25, 0.3) is 0 Å². The summed E-state index contributed by atoms with van der Waals surface area (Å²) in [6.07, 6.45) is 5.39. The lowest BCUT2D eigenvalue weighted by atomic mass is 9.93. The molecule has 0 bridgehead atoms. The van der Waals surface area contributed by atoms with Gasteiger partial charge in [0, 0.05) is 46.5 Å². The minimum absolute atomic E-state index is 0.333. The average Bonchev–Trinajstić information content (AvgIpc) is 2.81. The molecule has 1 atom stereocenters. The fourth-order valence-corrected chi connectivity index (χ4v) is 3.38. The first-order valence-electron chi connectivity index (χ1n) is 6.84. The van der Waals surface area contributed by atoms with E-state index in [-0.39, 0.29) is 0 Å². The van der Waals surface area contributed by atoms with Crippen LogP contribution in [0, 0.1) is 0 Å². The van der Waals surface area contributed by atoms with E-state index in [0.717, 1.165) is 18.4 Å². The Morgan fingerprint density at radius 1 is 1.35 bits per heavy atom. The number of hydrogen-bond acceptors (Lipinski definition) is 2. The maximum Gasteiger partial charge on any atom is 0.0540 e. The van der Waals surface area contributed by atoms with Gasteiger partial charge in [-0.15, -0.1) is 0 Å². The van der Waals surface area contributed by atoms with Crippen LogP contribution in [0.4, 0.5) is 0 Å².